The predicted octanol–water partition coefficient (Wildman–Crippen LogP) is 1.35. The summed E-state index contributed by atoms with van der Waals surface area (Å²) >= 11 is 0. The Labute approximate surface area is 127 Å². The number of rotatable bonds is 3. The smallest absolute Gasteiger partial charge is 0.311 e. The molecule has 2 atom stereocenters. The van der Waals surface area contributed by atoms with E-state index in [0.717, 1.165) is 31.6 Å². The molecule has 2 aliphatic rings. The van der Waals surface area contributed by atoms with Crippen molar-refractivity contribution >= 4 is 11.8 Å². The maximum atomic E-state index is 11.8. The summed E-state index contributed by atoms with van der Waals surface area (Å²) < 4.78 is 1.65. The molecule has 22 heavy (non-hydrogen) atoms. The van der Waals surface area contributed by atoms with Gasteiger partial charge in [-0.25, -0.2) is 9.67 Å². The summed E-state index contributed by atoms with van der Waals surface area (Å²) in [6.07, 6.45) is 9.60. The topological polar surface area (TPSA) is 84.1 Å². The Morgan fingerprint density at radius 3 is 2.95 bits per heavy atom. The minimum absolute atomic E-state index is 0.208. The maximum absolute atomic E-state index is 11.8. The van der Waals surface area contributed by atoms with E-state index in [1.54, 1.807) is 23.3 Å². The monoisotopic (exact) mass is 299 g/mol. The molecule has 0 aromatic carbocycles. The molecule has 0 bridgehead atoms. The van der Waals surface area contributed by atoms with Crippen molar-refractivity contribution in [3.8, 4) is 5.82 Å². The van der Waals surface area contributed by atoms with Crippen molar-refractivity contribution in [2.24, 2.45) is 11.3 Å². The van der Waals surface area contributed by atoms with Gasteiger partial charge in [0.15, 0.2) is 5.82 Å². The molecule has 1 aliphatic carbocycles. The second-order valence-corrected chi connectivity index (χ2v) is 6.12. The zero-order valence-corrected chi connectivity index (χ0v) is 12.1. The zero-order chi connectivity index (χ0) is 15.2. The van der Waals surface area contributed by atoms with Crippen molar-refractivity contribution in [1.82, 2.24) is 19.7 Å². The van der Waals surface area contributed by atoms with E-state index in [-0.39, 0.29) is 5.92 Å². The molecule has 2 fully saturated rings. The summed E-state index contributed by atoms with van der Waals surface area (Å²) in [6.45, 7) is 1.26. The van der Waals surface area contributed by atoms with Crippen LogP contribution in [0.25, 0.3) is 5.82 Å². The molecule has 0 radical (unpaired) electrons. The van der Waals surface area contributed by atoms with E-state index >= 15 is 0 Å². The van der Waals surface area contributed by atoms with E-state index in [9.17, 15) is 9.90 Å². The van der Waals surface area contributed by atoms with Crippen molar-refractivity contribution in [1.29, 1.82) is 0 Å². The molecule has 1 saturated carbocycles. The highest BCUT2D eigenvalue weighted by Crippen LogP contribution is 2.49. The molecule has 114 valence electrons. The lowest BCUT2D eigenvalue weighted by atomic mass is 9.81. The second-order valence-electron chi connectivity index (χ2n) is 6.12. The van der Waals surface area contributed by atoms with E-state index in [0.29, 0.717) is 12.4 Å². The van der Waals surface area contributed by atoms with E-state index in [1.807, 2.05) is 12.3 Å². The Balaban J connectivity index is 1.64. The number of anilines is 1. The van der Waals surface area contributed by atoms with Gasteiger partial charge in [-0.15, -0.1) is 0 Å². The van der Waals surface area contributed by atoms with E-state index in [4.69, 9.17) is 0 Å². The average molecular weight is 299 g/mol. The molecule has 0 amide bonds. The molecular weight excluding hydrogens is 282 g/mol. The molecule has 0 spiro atoms. The highest BCUT2D eigenvalue weighted by molar-refractivity contribution is 5.77. The molecule has 1 aliphatic heterocycles. The fraction of sp³-hybridized carbons (Fsp3) is 0.467. The van der Waals surface area contributed by atoms with Gasteiger partial charge in [0.2, 0.25) is 0 Å². The second kappa shape index (κ2) is 4.79. The highest BCUT2D eigenvalue weighted by atomic mass is 16.4. The van der Waals surface area contributed by atoms with Gasteiger partial charge in [-0.05, 0) is 24.8 Å². The lowest BCUT2D eigenvalue weighted by Gasteiger charge is -2.23. The fourth-order valence-corrected chi connectivity index (χ4v) is 3.83. The van der Waals surface area contributed by atoms with Crippen LogP contribution < -0.4 is 4.90 Å². The van der Waals surface area contributed by atoms with Gasteiger partial charge in [-0.3, -0.25) is 9.78 Å². The van der Waals surface area contributed by atoms with Crippen LogP contribution in [0, 0.1) is 11.3 Å². The number of aliphatic carboxylic acids is 1. The molecule has 4 rings (SSSR count). The van der Waals surface area contributed by atoms with Crippen molar-refractivity contribution in [3.63, 3.8) is 0 Å². The van der Waals surface area contributed by atoms with Crippen molar-refractivity contribution < 1.29 is 9.90 Å². The molecular formula is C15H17N5O2. The summed E-state index contributed by atoms with van der Waals surface area (Å²) in [5.41, 5.74) is -0.608. The average Bonchev–Trinajstić information content (AvgIpc) is 3.22. The van der Waals surface area contributed by atoms with Crippen LogP contribution in [-0.2, 0) is 4.79 Å². The Morgan fingerprint density at radius 1 is 1.36 bits per heavy atom. The van der Waals surface area contributed by atoms with Gasteiger partial charge in [0.25, 0.3) is 0 Å². The fourth-order valence-electron chi connectivity index (χ4n) is 3.83. The first-order valence-electron chi connectivity index (χ1n) is 7.49. The summed E-state index contributed by atoms with van der Waals surface area (Å²) in [5, 5.41) is 13.8. The number of aromatic nitrogens is 4. The van der Waals surface area contributed by atoms with Crippen LogP contribution in [0.3, 0.4) is 0 Å². The van der Waals surface area contributed by atoms with Gasteiger partial charge in [0, 0.05) is 25.5 Å². The molecule has 3 heterocycles. The van der Waals surface area contributed by atoms with Gasteiger partial charge >= 0.3 is 5.97 Å². The van der Waals surface area contributed by atoms with Gasteiger partial charge in [-0.2, -0.15) is 5.10 Å². The number of carboxylic acid groups (broad SMARTS) is 1. The zero-order valence-electron chi connectivity index (χ0n) is 12.1. The number of hydrogen-bond acceptors (Lipinski definition) is 5. The third-order valence-corrected chi connectivity index (χ3v) is 4.97. The lowest BCUT2D eigenvalue weighted by molar-refractivity contribution is -0.149. The summed E-state index contributed by atoms with van der Waals surface area (Å²) in [4.78, 5) is 22.6. The van der Waals surface area contributed by atoms with Crippen LogP contribution in [0.5, 0.6) is 0 Å². The largest absolute Gasteiger partial charge is 0.481 e. The highest BCUT2D eigenvalue weighted by Gasteiger charge is 2.55. The Kier molecular flexibility index (Phi) is 2.88. The van der Waals surface area contributed by atoms with Crippen molar-refractivity contribution in [2.45, 2.75) is 19.3 Å². The Bertz CT molecular complexity index is 702. The predicted molar refractivity (Wildman–Crippen MR) is 78.8 cm³/mol. The van der Waals surface area contributed by atoms with Crippen molar-refractivity contribution in [2.75, 3.05) is 18.0 Å². The quantitative estimate of drug-likeness (QED) is 0.921. The number of carbonyl (C=O) groups is 1. The number of nitrogens with zero attached hydrogens (tertiary/aromatic N) is 5. The van der Waals surface area contributed by atoms with Crippen LogP contribution in [0.2, 0.25) is 0 Å². The molecule has 1 N–H and O–H groups in total. The summed E-state index contributed by atoms with van der Waals surface area (Å²) in [6, 6.07) is 1.83. The Hall–Kier alpha value is -2.44. The third kappa shape index (κ3) is 1.88. The van der Waals surface area contributed by atoms with Gasteiger partial charge in [0.1, 0.15) is 5.82 Å². The van der Waals surface area contributed by atoms with Crippen LogP contribution in [-0.4, -0.2) is 43.9 Å². The van der Waals surface area contributed by atoms with Crippen LogP contribution >= 0.6 is 0 Å². The third-order valence-electron chi connectivity index (χ3n) is 4.97. The standard InChI is InChI=1S/C15H17N5O2/c21-14(22)15-4-1-3-11(15)9-19(10-15)12-7-16-8-13(18-12)20-6-2-5-17-20/h2,5-8,11H,1,3-4,9-10H2,(H,21,22)/t11-,15+/m0/s1. The van der Waals surface area contributed by atoms with Crippen LogP contribution in [0.15, 0.2) is 30.9 Å². The van der Waals surface area contributed by atoms with Gasteiger partial charge < -0.3 is 10.0 Å². The molecule has 7 heteroatoms. The van der Waals surface area contributed by atoms with E-state index < -0.39 is 11.4 Å². The normalized spacial score (nSPS) is 27.1. The minimum atomic E-state index is -0.673. The molecule has 2 aromatic heterocycles. The first-order valence-corrected chi connectivity index (χ1v) is 7.49. The minimum Gasteiger partial charge on any atom is -0.481 e. The van der Waals surface area contributed by atoms with Gasteiger partial charge in [-0.1, -0.05) is 6.42 Å². The lowest BCUT2D eigenvalue weighted by Crippen LogP contribution is -2.35. The first-order chi connectivity index (χ1) is 10.7. The van der Waals surface area contributed by atoms with E-state index in [1.165, 1.54) is 0 Å². The molecule has 7 nitrogen and oxygen atoms in total. The van der Waals surface area contributed by atoms with Crippen LogP contribution in [0.4, 0.5) is 5.82 Å². The first kappa shape index (κ1) is 13.2. The molecule has 0 unspecified atom stereocenters. The SMILES string of the molecule is O=C(O)[C@@]12CCC[C@H]1CN(c1cncc(-n3cccn3)n1)C2. The molecule has 2 aromatic rings. The number of fused-ring (bicyclic) bond motifs is 1. The van der Waals surface area contributed by atoms with Crippen LogP contribution in [0.1, 0.15) is 19.3 Å². The molecule has 1 saturated heterocycles. The van der Waals surface area contributed by atoms with Gasteiger partial charge in [0.05, 0.1) is 17.8 Å². The summed E-state index contributed by atoms with van der Waals surface area (Å²) in [7, 11) is 0. The number of hydrogen-bond donors (Lipinski definition) is 1. The van der Waals surface area contributed by atoms with E-state index in [2.05, 4.69) is 20.0 Å². The van der Waals surface area contributed by atoms with Crippen molar-refractivity contribution in [3.05, 3.63) is 30.9 Å². The summed E-state index contributed by atoms with van der Waals surface area (Å²) in [5.74, 6) is 0.904. The Morgan fingerprint density at radius 2 is 2.23 bits per heavy atom. The maximum Gasteiger partial charge on any atom is 0.311 e. The number of carboxylic acids is 1.